The Morgan fingerprint density at radius 3 is 2.91 bits per heavy atom. The van der Waals surface area contributed by atoms with Gasteiger partial charge in [-0.2, -0.15) is 8.75 Å². The van der Waals surface area contributed by atoms with Crippen LogP contribution in [-0.2, 0) is 0 Å². The minimum absolute atomic E-state index is 0.272. The Bertz CT molecular complexity index is 904. The van der Waals surface area contributed by atoms with Crippen molar-refractivity contribution < 1.29 is 10.0 Å². The summed E-state index contributed by atoms with van der Waals surface area (Å²) in [6.45, 7) is 1.89. The Labute approximate surface area is 129 Å². The summed E-state index contributed by atoms with van der Waals surface area (Å²) in [5.74, 6) is -0.405. The molecule has 0 unspecified atom stereocenters. The number of nitro groups is 1. The van der Waals surface area contributed by atoms with Gasteiger partial charge in [0, 0.05) is 17.8 Å². The maximum absolute atomic E-state index is 10.8. The molecule has 8 heteroatoms. The van der Waals surface area contributed by atoms with Gasteiger partial charge in [0.15, 0.2) is 0 Å². The highest BCUT2D eigenvalue weighted by Crippen LogP contribution is 2.31. The van der Waals surface area contributed by atoms with Gasteiger partial charge in [0.05, 0.1) is 22.3 Å². The van der Waals surface area contributed by atoms with Crippen LogP contribution in [-0.4, -0.2) is 25.0 Å². The fourth-order valence-electron chi connectivity index (χ4n) is 2.04. The van der Waals surface area contributed by atoms with Gasteiger partial charge in [-0.1, -0.05) is 12.1 Å². The first-order valence-corrected chi connectivity index (χ1v) is 7.03. The van der Waals surface area contributed by atoms with Crippen LogP contribution in [0.2, 0.25) is 0 Å². The molecule has 0 radical (unpaired) electrons. The van der Waals surface area contributed by atoms with Crippen molar-refractivity contribution in [3.8, 4) is 5.75 Å². The number of phenols is 1. The lowest BCUT2D eigenvalue weighted by atomic mass is 10.1. The Kier molecular flexibility index (Phi) is 3.51. The fourth-order valence-corrected chi connectivity index (χ4v) is 2.57. The molecule has 0 saturated carbocycles. The second-order valence-corrected chi connectivity index (χ2v) is 5.12. The van der Waals surface area contributed by atoms with Gasteiger partial charge in [0.25, 0.3) is 0 Å². The molecule has 0 atom stereocenters. The van der Waals surface area contributed by atoms with Crippen LogP contribution in [0.1, 0.15) is 11.1 Å². The van der Waals surface area contributed by atoms with E-state index in [1.54, 1.807) is 6.07 Å². The number of phenolic OH excluding ortho intramolecular Hbond substituents is 1. The maximum atomic E-state index is 10.8. The van der Waals surface area contributed by atoms with Gasteiger partial charge >= 0.3 is 5.69 Å². The molecule has 0 fully saturated rings. The number of nitro benzene ring substituents is 1. The molecular weight excluding hydrogens is 304 g/mol. The van der Waals surface area contributed by atoms with Gasteiger partial charge in [0.1, 0.15) is 11.0 Å². The molecule has 0 spiro atoms. The van der Waals surface area contributed by atoms with Gasteiger partial charge in [-0.05, 0) is 24.6 Å². The van der Waals surface area contributed by atoms with Crippen molar-refractivity contribution in [2.24, 2.45) is 4.99 Å². The Balaban J connectivity index is 2.07. The topological polar surface area (TPSA) is 102 Å². The molecule has 0 aliphatic rings. The SMILES string of the molecule is Cc1ccc2nsnc2c1N=Cc1cccc([N+](=O)[O-])c1O. The zero-order valence-electron chi connectivity index (χ0n) is 11.4. The number of nitrogens with zero attached hydrogens (tertiary/aromatic N) is 4. The minimum atomic E-state index is -0.636. The number of fused-ring (bicyclic) bond motifs is 1. The van der Waals surface area contributed by atoms with Crippen molar-refractivity contribution in [3.05, 3.63) is 51.6 Å². The van der Waals surface area contributed by atoms with Crippen molar-refractivity contribution in [1.82, 2.24) is 8.75 Å². The van der Waals surface area contributed by atoms with E-state index < -0.39 is 10.7 Å². The molecule has 22 heavy (non-hydrogen) atoms. The molecule has 0 saturated heterocycles. The molecule has 3 rings (SSSR count). The molecule has 0 aliphatic heterocycles. The lowest BCUT2D eigenvalue weighted by Crippen LogP contribution is -1.91. The molecular formula is C14H10N4O3S. The second-order valence-electron chi connectivity index (χ2n) is 4.59. The van der Waals surface area contributed by atoms with E-state index in [1.165, 1.54) is 18.3 Å². The summed E-state index contributed by atoms with van der Waals surface area (Å²) in [6, 6.07) is 8.03. The van der Waals surface area contributed by atoms with E-state index >= 15 is 0 Å². The number of aromatic hydroxyl groups is 1. The van der Waals surface area contributed by atoms with Crippen molar-refractivity contribution in [3.63, 3.8) is 0 Å². The van der Waals surface area contributed by atoms with E-state index in [2.05, 4.69) is 13.7 Å². The summed E-state index contributed by atoms with van der Waals surface area (Å²) in [5.41, 5.74) is 2.87. The van der Waals surface area contributed by atoms with Crippen molar-refractivity contribution in [2.75, 3.05) is 0 Å². The van der Waals surface area contributed by atoms with Gasteiger partial charge < -0.3 is 5.11 Å². The number of aryl methyl sites for hydroxylation is 1. The van der Waals surface area contributed by atoms with Crippen LogP contribution in [0, 0.1) is 17.0 Å². The molecule has 2 aromatic carbocycles. The number of para-hydroxylation sites is 1. The Hall–Kier alpha value is -2.87. The molecule has 0 amide bonds. The monoisotopic (exact) mass is 314 g/mol. The van der Waals surface area contributed by atoms with Crippen LogP contribution in [0.25, 0.3) is 11.0 Å². The molecule has 0 bridgehead atoms. The summed E-state index contributed by atoms with van der Waals surface area (Å²) < 4.78 is 8.35. The average Bonchev–Trinajstić information content (AvgIpc) is 2.96. The zero-order chi connectivity index (χ0) is 15.7. The van der Waals surface area contributed by atoms with E-state index in [-0.39, 0.29) is 11.3 Å². The number of aliphatic imine (C=N–C) groups is 1. The lowest BCUT2D eigenvalue weighted by molar-refractivity contribution is -0.385. The molecule has 7 nitrogen and oxygen atoms in total. The summed E-state index contributed by atoms with van der Waals surface area (Å²) in [4.78, 5) is 14.5. The van der Waals surface area contributed by atoms with E-state index in [0.717, 1.165) is 22.8 Å². The number of benzene rings is 2. The molecule has 110 valence electrons. The highest BCUT2D eigenvalue weighted by Gasteiger charge is 2.15. The van der Waals surface area contributed by atoms with Gasteiger partial charge in [-0.3, -0.25) is 15.1 Å². The molecule has 0 aliphatic carbocycles. The molecule has 1 aromatic heterocycles. The minimum Gasteiger partial charge on any atom is -0.502 e. The first kappa shape index (κ1) is 14.1. The quantitative estimate of drug-likeness (QED) is 0.453. The van der Waals surface area contributed by atoms with Crippen LogP contribution < -0.4 is 0 Å². The van der Waals surface area contributed by atoms with Crippen LogP contribution in [0.4, 0.5) is 11.4 Å². The van der Waals surface area contributed by atoms with E-state index in [9.17, 15) is 15.2 Å². The first-order valence-electron chi connectivity index (χ1n) is 6.30. The van der Waals surface area contributed by atoms with Crippen LogP contribution >= 0.6 is 11.7 Å². The highest BCUT2D eigenvalue weighted by molar-refractivity contribution is 7.00. The van der Waals surface area contributed by atoms with E-state index in [0.29, 0.717) is 11.2 Å². The largest absolute Gasteiger partial charge is 0.502 e. The lowest BCUT2D eigenvalue weighted by Gasteiger charge is -2.02. The summed E-state index contributed by atoms with van der Waals surface area (Å²) >= 11 is 1.09. The van der Waals surface area contributed by atoms with E-state index in [4.69, 9.17) is 0 Å². The number of hydrogen-bond acceptors (Lipinski definition) is 7. The van der Waals surface area contributed by atoms with Crippen molar-refractivity contribution in [1.29, 1.82) is 0 Å². The normalized spacial score (nSPS) is 11.3. The third-order valence-corrected chi connectivity index (χ3v) is 3.72. The van der Waals surface area contributed by atoms with Gasteiger partial charge in [-0.15, -0.1) is 0 Å². The van der Waals surface area contributed by atoms with Crippen LogP contribution in [0.5, 0.6) is 5.75 Å². The first-order chi connectivity index (χ1) is 10.6. The number of rotatable bonds is 3. The number of aromatic nitrogens is 2. The smallest absolute Gasteiger partial charge is 0.311 e. The third-order valence-electron chi connectivity index (χ3n) is 3.18. The summed E-state index contributed by atoms with van der Waals surface area (Å²) in [5, 5.41) is 20.7. The third kappa shape index (κ3) is 2.40. The Morgan fingerprint density at radius 2 is 2.14 bits per heavy atom. The van der Waals surface area contributed by atoms with Crippen LogP contribution in [0.3, 0.4) is 0 Å². The van der Waals surface area contributed by atoms with Gasteiger partial charge in [0.2, 0.25) is 5.75 Å². The maximum Gasteiger partial charge on any atom is 0.311 e. The standard InChI is InChI=1S/C14H10N4O3S/c1-8-5-6-10-13(17-22-16-10)12(8)15-7-9-3-2-4-11(14(9)19)18(20)21/h2-7,19H,1H3. The second kappa shape index (κ2) is 5.49. The van der Waals surface area contributed by atoms with Gasteiger partial charge in [-0.25, -0.2) is 0 Å². The average molecular weight is 314 g/mol. The highest BCUT2D eigenvalue weighted by atomic mass is 32.1. The van der Waals surface area contributed by atoms with Crippen LogP contribution in [0.15, 0.2) is 35.3 Å². The molecule has 1 N–H and O–H groups in total. The molecule has 1 heterocycles. The zero-order valence-corrected chi connectivity index (χ0v) is 12.2. The van der Waals surface area contributed by atoms with Crippen molar-refractivity contribution in [2.45, 2.75) is 6.92 Å². The summed E-state index contributed by atoms with van der Waals surface area (Å²) in [6.07, 6.45) is 1.39. The van der Waals surface area contributed by atoms with Crippen molar-refractivity contribution >= 4 is 40.4 Å². The van der Waals surface area contributed by atoms with E-state index in [1.807, 2.05) is 19.1 Å². The predicted octanol–water partition coefficient (Wildman–Crippen LogP) is 3.36. The summed E-state index contributed by atoms with van der Waals surface area (Å²) in [7, 11) is 0. The number of hydrogen-bond donors (Lipinski definition) is 1. The molecule has 3 aromatic rings. The predicted molar refractivity (Wildman–Crippen MR) is 84.2 cm³/mol. The fraction of sp³-hybridized carbons (Fsp3) is 0.0714. The Morgan fingerprint density at radius 1 is 1.32 bits per heavy atom.